The van der Waals surface area contributed by atoms with Crippen LogP contribution in [0.1, 0.15) is 23.1 Å². The molecule has 1 aliphatic rings. The molecule has 9 nitrogen and oxygen atoms in total. The standard InChI is InChI=1S/C24H22FN5O4S2/c1-36(33,34)22(23(32)27-12-21(31)28-15-4-5-15)24-29-19-11-18(25)17(10-20(19)35-24)14-2-6-16(7-3-14)30-9-8-26-13-30/h2-3,6-11,13,15,22H,4-5,12H2,1H3,(H,27,32)(H,28,31). The summed E-state index contributed by atoms with van der Waals surface area (Å²) in [5, 5.41) is 3.52. The summed E-state index contributed by atoms with van der Waals surface area (Å²) in [6.45, 7) is -0.333. The van der Waals surface area contributed by atoms with E-state index in [-0.39, 0.29) is 29.0 Å². The Labute approximate surface area is 210 Å². The molecule has 4 aromatic rings. The second-order valence-corrected chi connectivity index (χ2v) is 11.8. The van der Waals surface area contributed by atoms with E-state index in [0.29, 0.717) is 15.8 Å². The number of benzene rings is 2. The zero-order valence-corrected chi connectivity index (χ0v) is 20.8. The highest BCUT2D eigenvalue weighted by Gasteiger charge is 2.34. The highest BCUT2D eigenvalue weighted by atomic mass is 32.2. The van der Waals surface area contributed by atoms with E-state index in [1.165, 1.54) is 6.07 Å². The van der Waals surface area contributed by atoms with E-state index >= 15 is 4.39 Å². The summed E-state index contributed by atoms with van der Waals surface area (Å²) in [4.78, 5) is 33.0. The van der Waals surface area contributed by atoms with Gasteiger partial charge in [-0.15, -0.1) is 11.3 Å². The average molecular weight is 528 g/mol. The second kappa shape index (κ2) is 9.43. The molecule has 186 valence electrons. The van der Waals surface area contributed by atoms with Crippen LogP contribution in [0.15, 0.2) is 55.1 Å². The number of halogens is 1. The minimum Gasteiger partial charge on any atom is -0.352 e. The van der Waals surface area contributed by atoms with Gasteiger partial charge in [0, 0.05) is 42.0 Å². The van der Waals surface area contributed by atoms with Crippen LogP contribution < -0.4 is 10.6 Å². The van der Waals surface area contributed by atoms with E-state index in [4.69, 9.17) is 0 Å². The number of nitrogens with one attached hydrogen (secondary N) is 2. The van der Waals surface area contributed by atoms with Gasteiger partial charge in [-0.2, -0.15) is 0 Å². The van der Waals surface area contributed by atoms with Crippen molar-refractivity contribution in [1.29, 1.82) is 0 Å². The van der Waals surface area contributed by atoms with Crippen molar-refractivity contribution in [3.8, 4) is 16.8 Å². The Hall–Kier alpha value is -3.64. The van der Waals surface area contributed by atoms with Crippen LogP contribution in [0.5, 0.6) is 0 Å². The van der Waals surface area contributed by atoms with Crippen LogP contribution in [0.4, 0.5) is 4.39 Å². The van der Waals surface area contributed by atoms with Gasteiger partial charge in [-0.25, -0.2) is 22.8 Å². The SMILES string of the molecule is CS(=O)(=O)C(C(=O)NCC(=O)NC1CC1)c1nc2cc(F)c(-c3ccc(-n4ccnc4)cc3)cc2s1. The fourth-order valence-electron chi connectivity index (χ4n) is 3.78. The minimum absolute atomic E-state index is 0.0135. The van der Waals surface area contributed by atoms with E-state index in [9.17, 15) is 18.0 Å². The maximum absolute atomic E-state index is 15.0. The maximum atomic E-state index is 15.0. The molecule has 0 bridgehead atoms. The quantitative estimate of drug-likeness (QED) is 0.363. The summed E-state index contributed by atoms with van der Waals surface area (Å²) in [6.07, 6.45) is 7.84. The highest BCUT2D eigenvalue weighted by Crippen LogP contribution is 2.35. The molecule has 0 aliphatic heterocycles. The van der Waals surface area contributed by atoms with E-state index < -0.39 is 26.8 Å². The van der Waals surface area contributed by atoms with Gasteiger partial charge < -0.3 is 15.2 Å². The van der Waals surface area contributed by atoms with Gasteiger partial charge in [0.1, 0.15) is 10.8 Å². The number of imidazole rings is 1. The molecule has 2 N–H and O–H groups in total. The van der Waals surface area contributed by atoms with Crippen molar-refractivity contribution in [3.63, 3.8) is 0 Å². The summed E-state index contributed by atoms with van der Waals surface area (Å²) in [5.41, 5.74) is 2.07. The minimum atomic E-state index is -3.92. The average Bonchev–Trinajstić information content (AvgIpc) is 3.29. The van der Waals surface area contributed by atoms with E-state index in [1.54, 1.807) is 36.9 Å². The predicted octanol–water partition coefficient (Wildman–Crippen LogP) is 2.77. The molecule has 1 aliphatic carbocycles. The zero-order valence-electron chi connectivity index (χ0n) is 19.1. The lowest BCUT2D eigenvalue weighted by molar-refractivity contribution is -0.126. The molecule has 0 saturated heterocycles. The topological polar surface area (TPSA) is 123 Å². The molecule has 2 aromatic carbocycles. The first-order valence-electron chi connectivity index (χ1n) is 11.1. The number of fused-ring (bicyclic) bond motifs is 1. The monoisotopic (exact) mass is 527 g/mol. The van der Waals surface area contributed by atoms with Crippen molar-refractivity contribution in [2.45, 2.75) is 24.1 Å². The molecule has 1 saturated carbocycles. The first-order valence-corrected chi connectivity index (χ1v) is 13.9. The number of hydrogen-bond acceptors (Lipinski definition) is 7. The van der Waals surface area contributed by atoms with Crippen LogP contribution in [0.2, 0.25) is 0 Å². The number of amides is 2. The van der Waals surface area contributed by atoms with Crippen LogP contribution >= 0.6 is 11.3 Å². The second-order valence-electron chi connectivity index (χ2n) is 8.64. The number of rotatable bonds is 8. The van der Waals surface area contributed by atoms with Crippen molar-refractivity contribution in [3.05, 3.63) is 65.9 Å². The van der Waals surface area contributed by atoms with Gasteiger partial charge in [0.2, 0.25) is 11.8 Å². The summed E-state index contributed by atoms with van der Waals surface area (Å²) in [5.74, 6) is -1.75. The normalized spacial score (nSPS) is 14.5. The molecule has 0 radical (unpaired) electrons. The molecule has 1 fully saturated rings. The van der Waals surface area contributed by atoms with E-state index in [1.807, 2.05) is 16.7 Å². The summed E-state index contributed by atoms with van der Waals surface area (Å²) < 4.78 is 42.4. The molecular formula is C24H22FN5O4S2. The molecule has 12 heteroatoms. The highest BCUT2D eigenvalue weighted by molar-refractivity contribution is 7.91. The Kier molecular flexibility index (Phi) is 6.31. The Morgan fingerprint density at radius 2 is 1.97 bits per heavy atom. The molecule has 36 heavy (non-hydrogen) atoms. The number of nitrogens with zero attached hydrogens (tertiary/aromatic N) is 3. The van der Waals surface area contributed by atoms with Crippen molar-refractivity contribution < 1.29 is 22.4 Å². The number of sulfone groups is 1. The third-order valence-electron chi connectivity index (χ3n) is 5.73. The molecule has 1 unspecified atom stereocenters. The first kappa shape index (κ1) is 24.1. The smallest absolute Gasteiger partial charge is 0.245 e. The fraction of sp³-hybridized carbons (Fsp3) is 0.250. The summed E-state index contributed by atoms with van der Waals surface area (Å²) >= 11 is 1.00. The fourth-order valence-corrected chi connectivity index (χ4v) is 6.31. The third kappa shape index (κ3) is 5.14. The number of carbonyl (C=O) groups is 2. The molecule has 2 amide bonds. The summed E-state index contributed by atoms with van der Waals surface area (Å²) in [7, 11) is -3.92. The number of carbonyl (C=O) groups excluding carboxylic acids is 2. The molecule has 0 spiro atoms. The summed E-state index contributed by atoms with van der Waals surface area (Å²) in [6, 6.07) is 10.2. The van der Waals surface area contributed by atoms with Gasteiger partial charge >= 0.3 is 0 Å². The van der Waals surface area contributed by atoms with E-state index in [2.05, 4.69) is 20.6 Å². The zero-order chi connectivity index (χ0) is 25.4. The van der Waals surface area contributed by atoms with Crippen molar-refractivity contribution >= 4 is 43.2 Å². The maximum Gasteiger partial charge on any atom is 0.245 e. The number of aromatic nitrogens is 3. The number of hydrogen-bond donors (Lipinski definition) is 2. The lowest BCUT2D eigenvalue weighted by Crippen LogP contribution is -2.41. The number of thiazole rings is 1. The van der Waals surface area contributed by atoms with Gasteiger partial charge in [0.15, 0.2) is 15.1 Å². The Morgan fingerprint density at radius 1 is 1.22 bits per heavy atom. The molecule has 2 heterocycles. The van der Waals surface area contributed by atoms with Crippen molar-refractivity contribution in [1.82, 2.24) is 25.2 Å². The predicted molar refractivity (Wildman–Crippen MR) is 134 cm³/mol. The van der Waals surface area contributed by atoms with Crippen LogP contribution in [0.25, 0.3) is 27.0 Å². The van der Waals surface area contributed by atoms with Gasteiger partial charge in [-0.3, -0.25) is 9.59 Å². The Morgan fingerprint density at radius 3 is 2.61 bits per heavy atom. The van der Waals surface area contributed by atoms with Gasteiger partial charge in [0.25, 0.3) is 0 Å². The van der Waals surface area contributed by atoms with Crippen molar-refractivity contribution in [2.75, 3.05) is 12.8 Å². The van der Waals surface area contributed by atoms with Gasteiger partial charge in [-0.05, 0) is 36.6 Å². The van der Waals surface area contributed by atoms with Crippen LogP contribution in [-0.2, 0) is 19.4 Å². The molecule has 2 aromatic heterocycles. The molecular weight excluding hydrogens is 505 g/mol. The lowest BCUT2D eigenvalue weighted by atomic mass is 10.0. The van der Waals surface area contributed by atoms with Crippen molar-refractivity contribution in [2.24, 2.45) is 0 Å². The van der Waals surface area contributed by atoms with E-state index in [0.717, 1.165) is 36.1 Å². The van der Waals surface area contributed by atoms with Crippen LogP contribution in [-0.4, -0.2) is 53.6 Å². The van der Waals surface area contributed by atoms with Gasteiger partial charge in [0.05, 0.1) is 23.1 Å². The Bertz CT molecular complexity index is 1550. The largest absolute Gasteiger partial charge is 0.352 e. The third-order valence-corrected chi connectivity index (χ3v) is 8.26. The van der Waals surface area contributed by atoms with Crippen LogP contribution in [0.3, 0.4) is 0 Å². The van der Waals surface area contributed by atoms with Crippen LogP contribution in [0, 0.1) is 5.82 Å². The first-order chi connectivity index (χ1) is 17.2. The molecule has 1 atom stereocenters. The molecule has 5 rings (SSSR count). The lowest BCUT2D eigenvalue weighted by Gasteiger charge is -2.12. The van der Waals surface area contributed by atoms with Gasteiger partial charge in [-0.1, -0.05) is 12.1 Å². The Balaban J connectivity index is 1.42.